The van der Waals surface area contributed by atoms with E-state index < -0.39 is 0 Å². The molecule has 0 aliphatic heterocycles. The van der Waals surface area contributed by atoms with Crippen LogP contribution in [0.3, 0.4) is 0 Å². The lowest BCUT2D eigenvalue weighted by Crippen LogP contribution is -2.16. The monoisotopic (exact) mass is 1540 g/mol. The van der Waals surface area contributed by atoms with Crippen molar-refractivity contribution in [2.75, 3.05) is 0 Å². The SMILES string of the molecule is CC1(C)c2ccccc2-c2c(-c3cc(-c4ccc(-c5ccc(-c6cccc7c6C(C)(C)c6ccc8ccccc8c6-7)cc5)c5ccccc45)nc(-c4cccc(-c5ccc(-c6cc(-c7ccc(-c8ccc(-c9cccc%10c9C(C)(C)c9ccc%11ccccc%11c9-%10)cc8)c8ccccc78)nc(-c7ccccc7)n6)cc5-c5ccncc5)c4)n3)cccc21. The Morgan fingerprint density at radius 3 is 1.12 bits per heavy atom. The van der Waals surface area contributed by atoms with Crippen molar-refractivity contribution in [2.45, 2.75) is 57.8 Å². The zero-order valence-electron chi connectivity index (χ0n) is 68.1. The maximum absolute atomic E-state index is 5.72. The van der Waals surface area contributed by atoms with Crippen LogP contribution < -0.4 is 0 Å². The standard InChI is InChI=1S/C116H81N5/c1-114(2)99-42-19-18-36-94(99)109-95(39-23-43-100(109)114)106-69-105(93-59-57-82(89-33-15-17-35-91(89)93)73-46-50-75(51-47-73)87-38-22-41-97-108-85-31-13-11-25-71(85)54-61-102(108)116(5,6)111(87)97)120-113(121-106)80-29-20-28-78(66-80)83-55-52-79(67-98(83)76-62-64-117-65-63-76)103-68-104(119-112(118-103)77-26-8-7-9-27-77)92-58-56-81(88-32-14-16-34-90(88)92)72-44-48-74(49-45-72)86-37-21-40-96-107-84-30-12-10-24-70(84)53-60-101(107)115(3,4)110(86)96/h7-69H,1-6H3. The molecule has 0 saturated carbocycles. The summed E-state index contributed by atoms with van der Waals surface area (Å²) < 4.78 is 0. The van der Waals surface area contributed by atoms with E-state index in [0.29, 0.717) is 11.6 Å². The van der Waals surface area contributed by atoms with Gasteiger partial charge < -0.3 is 0 Å². The van der Waals surface area contributed by atoms with Gasteiger partial charge in [0.25, 0.3) is 0 Å². The average Bonchev–Trinajstić information content (AvgIpc) is 1.56. The van der Waals surface area contributed by atoms with Crippen LogP contribution in [0, 0.1) is 0 Å². The van der Waals surface area contributed by atoms with Crippen LogP contribution in [0.5, 0.6) is 0 Å². The maximum Gasteiger partial charge on any atom is 0.160 e. The molecule has 0 spiro atoms. The van der Waals surface area contributed by atoms with Crippen LogP contribution in [0.2, 0.25) is 0 Å². The van der Waals surface area contributed by atoms with Crippen molar-refractivity contribution in [3.8, 4) is 168 Å². The molecule has 0 fully saturated rings. The molecule has 0 bridgehead atoms. The van der Waals surface area contributed by atoms with Crippen molar-refractivity contribution in [3.05, 3.63) is 416 Å². The van der Waals surface area contributed by atoms with E-state index in [1.807, 2.05) is 18.5 Å². The summed E-state index contributed by atoms with van der Waals surface area (Å²) >= 11 is 0. The van der Waals surface area contributed by atoms with E-state index in [1.54, 1.807) is 0 Å². The Morgan fingerprint density at radius 1 is 0.182 bits per heavy atom. The highest BCUT2D eigenvalue weighted by Crippen LogP contribution is 2.58. The summed E-state index contributed by atoms with van der Waals surface area (Å²) in [4.78, 5) is 26.9. The first-order valence-electron chi connectivity index (χ1n) is 42.1. The lowest BCUT2D eigenvalue weighted by Gasteiger charge is -2.24. The lowest BCUT2D eigenvalue weighted by atomic mass is 9.78. The zero-order chi connectivity index (χ0) is 81.0. The molecule has 0 atom stereocenters. The average molecular weight is 1540 g/mol. The number of hydrogen-bond donors (Lipinski definition) is 0. The smallest absolute Gasteiger partial charge is 0.160 e. The van der Waals surface area contributed by atoms with Crippen molar-refractivity contribution in [3.63, 3.8) is 0 Å². The van der Waals surface area contributed by atoms with Crippen LogP contribution in [0.4, 0.5) is 0 Å². The van der Waals surface area contributed by atoms with E-state index in [-0.39, 0.29) is 16.2 Å². The van der Waals surface area contributed by atoms with E-state index in [4.69, 9.17) is 19.9 Å². The number of pyridine rings is 1. The second kappa shape index (κ2) is 27.6. The predicted octanol–water partition coefficient (Wildman–Crippen LogP) is 30.2. The molecule has 20 aromatic rings. The van der Waals surface area contributed by atoms with Crippen LogP contribution in [-0.2, 0) is 16.2 Å². The first-order valence-corrected chi connectivity index (χ1v) is 42.1. The molecule has 17 aromatic carbocycles. The largest absolute Gasteiger partial charge is 0.265 e. The Balaban J connectivity index is 0.617. The quantitative estimate of drug-likeness (QED) is 0.122. The van der Waals surface area contributed by atoms with Crippen molar-refractivity contribution in [1.82, 2.24) is 24.9 Å². The second-order valence-electron chi connectivity index (χ2n) is 34.5. The first-order chi connectivity index (χ1) is 59.3. The predicted molar refractivity (Wildman–Crippen MR) is 503 cm³/mol. The zero-order valence-corrected chi connectivity index (χ0v) is 68.1. The summed E-state index contributed by atoms with van der Waals surface area (Å²) in [5.41, 5.74) is 38.3. The van der Waals surface area contributed by atoms with Crippen molar-refractivity contribution < 1.29 is 0 Å². The molecule has 3 aromatic heterocycles. The van der Waals surface area contributed by atoms with Crippen LogP contribution in [0.15, 0.2) is 382 Å². The van der Waals surface area contributed by atoms with Gasteiger partial charge in [0, 0.05) is 62.0 Å². The summed E-state index contributed by atoms with van der Waals surface area (Å²) in [5, 5.41) is 9.67. The van der Waals surface area contributed by atoms with E-state index in [1.165, 1.54) is 111 Å². The van der Waals surface area contributed by atoms with Crippen LogP contribution >= 0.6 is 0 Å². The van der Waals surface area contributed by atoms with Crippen LogP contribution in [0.1, 0.15) is 74.9 Å². The number of benzene rings is 17. The van der Waals surface area contributed by atoms with Crippen LogP contribution in [-0.4, -0.2) is 24.9 Å². The number of rotatable bonds is 12. The van der Waals surface area contributed by atoms with Gasteiger partial charge in [0.15, 0.2) is 11.6 Å². The topological polar surface area (TPSA) is 64.5 Å². The number of aromatic nitrogens is 5. The minimum atomic E-state index is -0.217. The molecule has 0 unspecified atom stereocenters. The first kappa shape index (κ1) is 71.4. The molecule has 23 rings (SSSR count). The van der Waals surface area contributed by atoms with E-state index in [9.17, 15) is 0 Å². The number of nitrogens with zero attached hydrogens (tertiary/aromatic N) is 5. The molecule has 570 valence electrons. The highest BCUT2D eigenvalue weighted by atomic mass is 14.9. The molecular formula is C116H81N5. The van der Waals surface area contributed by atoms with Gasteiger partial charge in [-0.3, -0.25) is 4.98 Å². The molecule has 0 N–H and O–H groups in total. The molecule has 3 heterocycles. The number of hydrogen-bond acceptors (Lipinski definition) is 5. The molecule has 5 heteroatoms. The Morgan fingerprint density at radius 2 is 0.554 bits per heavy atom. The number of fused-ring (bicyclic) bond motifs is 15. The lowest BCUT2D eigenvalue weighted by molar-refractivity contribution is 0.660. The van der Waals surface area contributed by atoms with Gasteiger partial charge in [-0.2, -0.15) is 0 Å². The minimum Gasteiger partial charge on any atom is -0.265 e. The molecule has 3 aliphatic rings. The van der Waals surface area contributed by atoms with Crippen molar-refractivity contribution >= 4 is 43.1 Å². The Hall–Kier alpha value is -14.9. The Bertz CT molecular complexity index is 7700. The highest BCUT2D eigenvalue weighted by Gasteiger charge is 2.41. The Kier molecular flexibility index (Phi) is 16.3. The fourth-order valence-electron chi connectivity index (χ4n) is 20.8. The van der Waals surface area contributed by atoms with E-state index in [0.717, 1.165) is 122 Å². The molecular weight excluding hydrogens is 1460 g/mol. The fraction of sp³-hybridized carbons (Fsp3) is 0.0776. The van der Waals surface area contributed by atoms with Gasteiger partial charge in [-0.25, -0.2) is 19.9 Å². The minimum absolute atomic E-state index is 0.176. The Labute approximate surface area is 704 Å². The van der Waals surface area contributed by atoms with E-state index in [2.05, 4.69) is 411 Å². The van der Waals surface area contributed by atoms with Gasteiger partial charge in [0.1, 0.15) is 0 Å². The maximum atomic E-state index is 5.72. The normalized spacial score (nSPS) is 13.6. The van der Waals surface area contributed by atoms with Crippen molar-refractivity contribution in [1.29, 1.82) is 0 Å². The van der Waals surface area contributed by atoms with Gasteiger partial charge in [-0.15, -0.1) is 0 Å². The van der Waals surface area contributed by atoms with Gasteiger partial charge in [0.2, 0.25) is 0 Å². The summed E-state index contributed by atoms with van der Waals surface area (Å²) in [5.74, 6) is 1.28. The van der Waals surface area contributed by atoms with Crippen LogP contribution in [0.25, 0.3) is 211 Å². The third kappa shape index (κ3) is 11.4. The van der Waals surface area contributed by atoms with Gasteiger partial charge in [-0.1, -0.05) is 375 Å². The summed E-state index contributed by atoms with van der Waals surface area (Å²) in [7, 11) is 0. The molecule has 3 aliphatic carbocycles. The van der Waals surface area contributed by atoms with E-state index >= 15 is 0 Å². The van der Waals surface area contributed by atoms with Gasteiger partial charge in [-0.05, 0) is 213 Å². The van der Waals surface area contributed by atoms with Gasteiger partial charge >= 0.3 is 0 Å². The molecule has 5 nitrogen and oxygen atoms in total. The molecule has 0 radical (unpaired) electrons. The molecule has 0 saturated heterocycles. The third-order valence-electron chi connectivity index (χ3n) is 26.6. The van der Waals surface area contributed by atoms with Gasteiger partial charge in [0.05, 0.1) is 22.8 Å². The third-order valence-corrected chi connectivity index (χ3v) is 26.6. The second-order valence-corrected chi connectivity index (χ2v) is 34.5. The molecule has 0 amide bonds. The molecule has 121 heavy (non-hydrogen) atoms. The van der Waals surface area contributed by atoms with Crippen molar-refractivity contribution in [2.24, 2.45) is 0 Å². The summed E-state index contributed by atoms with van der Waals surface area (Å²) in [6.07, 6.45) is 3.75. The summed E-state index contributed by atoms with van der Waals surface area (Å²) in [6.45, 7) is 14.2. The highest BCUT2D eigenvalue weighted by molar-refractivity contribution is 6.10. The summed E-state index contributed by atoms with van der Waals surface area (Å²) in [6, 6.07) is 136. The fourth-order valence-corrected chi connectivity index (χ4v) is 20.8.